The fourth-order valence-electron chi connectivity index (χ4n) is 2.74. The molecule has 2 heterocycles. The molecule has 0 fully saturated rings. The van der Waals surface area contributed by atoms with Gasteiger partial charge in [0, 0.05) is 18.0 Å². The lowest BCUT2D eigenvalue weighted by Crippen LogP contribution is -2.54. The van der Waals surface area contributed by atoms with Crippen LogP contribution < -0.4 is 4.90 Å². The monoisotopic (exact) mass is 297 g/mol. The quantitative estimate of drug-likeness (QED) is 0.943. The highest BCUT2D eigenvalue weighted by molar-refractivity contribution is 6.06. The van der Waals surface area contributed by atoms with Crippen LogP contribution in [0.5, 0.6) is 0 Å². The van der Waals surface area contributed by atoms with Crippen molar-refractivity contribution in [1.82, 2.24) is 15.4 Å². The van der Waals surface area contributed by atoms with Gasteiger partial charge in [-0.15, -0.1) is 5.10 Å². The molecule has 1 N–H and O–H groups in total. The van der Waals surface area contributed by atoms with Crippen LogP contribution in [0.3, 0.4) is 0 Å². The van der Waals surface area contributed by atoms with Gasteiger partial charge in [-0.2, -0.15) is 0 Å². The van der Waals surface area contributed by atoms with E-state index in [9.17, 15) is 4.79 Å². The van der Waals surface area contributed by atoms with Crippen molar-refractivity contribution in [3.63, 3.8) is 0 Å². The van der Waals surface area contributed by atoms with Gasteiger partial charge in [-0.1, -0.05) is 17.3 Å². The lowest BCUT2D eigenvalue weighted by atomic mass is 9.96. The van der Waals surface area contributed by atoms with Crippen molar-refractivity contribution in [1.29, 1.82) is 0 Å². The molecular weight excluding hydrogens is 278 g/mol. The van der Waals surface area contributed by atoms with Crippen molar-refractivity contribution in [3.05, 3.63) is 36.2 Å². The molecule has 1 unspecified atom stereocenters. The Morgan fingerprint density at radius 3 is 2.77 bits per heavy atom. The number of anilines is 1. The van der Waals surface area contributed by atoms with Gasteiger partial charge in [-0.25, -0.2) is 0 Å². The van der Waals surface area contributed by atoms with Gasteiger partial charge in [0.25, 0.3) is 0 Å². The smallest absolute Gasteiger partial charge is 0.166 e. The first-order valence-corrected chi connectivity index (χ1v) is 7.27. The molecule has 22 heavy (non-hydrogen) atoms. The number of carbonyl (C=O) groups is 1. The molecule has 0 bridgehead atoms. The molecule has 0 radical (unpaired) electrons. The summed E-state index contributed by atoms with van der Waals surface area (Å²) in [6.45, 7) is 6.29. The standard InChI is InChI=1S/C16H19N5O/c1-16(2,3)21-13-7-5-4-6-12(13)17-10-14(21)15(22)8-11-9-18-20-19-11/h4-7,9-10,14H,8H2,1-3H3,(H,18,19,20). The van der Waals surface area contributed by atoms with Crippen molar-refractivity contribution in [2.45, 2.75) is 38.8 Å². The van der Waals surface area contributed by atoms with Crippen molar-refractivity contribution < 1.29 is 4.79 Å². The number of hydrogen-bond acceptors (Lipinski definition) is 5. The number of Topliss-reactive ketones (excluding diaryl/α,β-unsaturated/α-hetero) is 1. The molecule has 0 saturated carbocycles. The molecule has 0 spiro atoms. The summed E-state index contributed by atoms with van der Waals surface area (Å²) < 4.78 is 0. The molecule has 3 rings (SSSR count). The lowest BCUT2D eigenvalue weighted by Gasteiger charge is -2.43. The van der Waals surface area contributed by atoms with Crippen LogP contribution in [0.4, 0.5) is 11.4 Å². The molecule has 2 aromatic rings. The summed E-state index contributed by atoms with van der Waals surface area (Å²) in [6, 6.07) is 7.49. The maximum absolute atomic E-state index is 12.7. The molecule has 6 heteroatoms. The largest absolute Gasteiger partial charge is 0.350 e. The molecule has 1 aromatic heterocycles. The number of nitrogens with one attached hydrogen (secondary N) is 1. The number of carbonyl (C=O) groups excluding carboxylic acids is 1. The van der Waals surface area contributed by atoms with E-state index in [0.717, 1.165) is 11.4 Å². The van der Waals surface area contributed by atoms with Gasteiger partial charge < -0.3 is 4.90 Å². The third kappa shape index (κ3) is 2.64. The Kier molecular flexibility index (Phi) is 3.52. The van der Waals surface area contributed by atoms with Crippen LogP contribution in [0.25, 0.3) is 0 Å². The second kappa shape index (κ2) is 5.36. The molecule has 114 valence electrons. The average Bonchev–Trinajstić information content (AvgIpc) is 2.97. The van der Waals surface area contributed by atoms with Crippen molar-refractivity contribution in [3.8, 4) is 0 Å². The van der Waals surface area contributed by atoms with E-state index in [1.165, 1.54) is 0 Å². The maximum Gasteiger partial charge on any atom is 0.166 e. The average molecular weight is 297 g/mol. The first-order chi connectivity index (χ1) is 10.5. The molecule has 1 aliphatic heterocycles. The number of ketones is 1. The van der Waals surface area contributed by atoms with Gasteiger partial charge in [-0.05, 0) is 32.9 Å². The zero-order valence-corrected chi connectivity index (χ0v) is 12.9. The van der Waals surface area contributed by atoms with Crippen LogP contribution >= 0.6 is 0 Å². The number of fused-ring (bicyclic) bond motifs is 1. The Balaban J connectivity index is 1.95. The number of aromatic amines is 1. The van der Waals surface area contributed by atoms with E-state index in [-0.39, 0.29) is 17.7 Å². The van der Waals surface area contributed by atoms with E-state index in [1.807, 2.05) is 24.3 Å². The topological polar surface area (TPSA) is 74.2 Å². The molecular formula is C16H19N5O. The van der Waals surface area contributed by atoms with Gasteiger partial charge in [0.05, 0.1) is 23.5 Å². The molecule has 0 saturated heterocycles. The molecule has 1 aromatic carbocycles. The third-order valence-electron chi connectivity index (χ3n) is 3.65. The summed E-state index contributed by atoms with van der Waals surface area (Å²) in [5, 5.41) is 10.2. The Morgan fingerprint density at radius 2 is 2.09 bits per heavy atom. The highest BCUT2D eigenvalue weighted by Crippen LogP contribution is 2.37. The van der Waals surface area contributed by atoms with Crippen molar-refractivity contribution in [2.75, 3.05) is 4.90 Å². The van der Waals surface area contributed by atoms with Gasteiger partial charge in [0.1, 0.15) is 6.04 Å². The van der Waals surface area contributed by atoms with Crippen molar-refractivity contribution in [2.24, 2.45) is 4.99 Å². The summed E-state index contributed by atoms with van der Waals surface area (Å²) in [4.78, 5) is 19.3. The van der Waals surface area contributed by atoms with Crippen LogP contribution in [-0.2, 0) is 11.2 Å². The number of hydrogen-bond donors (Lipinski definition) is 1. The van der Waals surface area contributed by atoms with Crippen molar-refractivity contribution >= 4 is 23.4 Å². The van der Waals surface area contributed by atoms with Gasteiger partial charge in [0.2, 0.25) is 0 Å². The fourth-order valence-corrected chi connectivity index (χ4v) is 2.74. The summed E-state index contributed by atoms with van der Waals surface area (Å²) in [5.41, 5.74) is 2.32. The Bertz CT molecular complexity index is 700. The molecule has 0 amide bonds. The molecule has 1 atom stereocenters. The summed E-state index contributed by atoms with van der Waals surface area (Å²) in [6.07, 6.45) is 3.62. The van der Waals surface area contributed by atoms with E-state index >= 15 is 0 Å². The van der Waals surface area contributed by atoms with Gasteiger partial charge >= 0.3 is 0 Å². The second-order valence-corrected chi connectivity index (χ2v) is 6.36. The highest BCUT2D eigenvalue weighted by Gasteiger charge is 2.36. The molecule has 6 nitrogen and oxygen atoms in total. The summed E-state index contributed by atoms with van der Waals surface area (Å²) in [7, 11) is 0. The zero-order valence-electron chi connectivity index (χ0n) is 12.9. The number of aromatic nitrogens is 3. The summed E-state index contributed by atoms with van der Waals surface area (Å²) >= 11 is 0. The highest BCUT2D eigenvalue weighted by atomic mass is 16.1. The third-order valence-corrected chi connectivity index (χ3v) is 3.65. The first kappa shape index (κ1) is 14.4. The number of aliphatic imine (C=N–C) groups is 1. The minimum atomic E-state index is -0.397. The Hall–Kier alpha value is -2.50. The Morgan fingerprint density at radius 1 is 1.32 bits per heavy atom. The Labute approximate surface area is 129 Å². The molecule has 0 aliphatic carbocycles. The van der Waals surface area contributed by atoms with Crippen LogP contribution in [0.15, 0.2) is 35.5 Å². The lowest BCUT2D eigenvalue weighted by molar-refractivity contribution is -0.118. The van der Waals surface area contributed by atoms with E-state index < -0.39 is 6.04 Å². The normalized spacial score (nSPS) is 17.4. The number of H-pyrrole nitrogens is 1. The number of benzene rings is 1. The minimum absolute atomic E-state index is 0.0575. The van der Waals surface area contributed by atoms with Crippen LogP contribution in [-0.4, -0.2) is 39.0 Å². The first-order valence-electron chi connectivity index (χ1n) is 7.27. The SMILES string of the molecule is CC(C)(C)N1c2ccccc2N=CC1C(=O)Cc1c[nH]nn1. The van der Waals surface area contributed by atoms with Gasteiger partial charge in [-0.3, -0.25) is 14.9 Å². The van der Waals surface area contributed by atoms with E-state index in [1.54, 1.807) is 12.4 Å². The molecule has 1 aliphatic rings. The van der Waals surface area contributed by atoms with E-state index in [2.05, 4.69) is 46.1 Å². The van der Waals surface area contributed by atoms with Crippen LogP contribution in [0.2, 0.25) is 0 Å². The number of rotatable bonds is 3. The predicted molar refractivity (Wildman–Crippen MR) is 85.7 cm³/mol. The minimum Gasteiger partial charge on any atom is -0.350 e. The van der Waals surface area contributed by atoms with Crippen LogP contribution in [0, 0.1) is 0 Å². The number of nitrogens with zero attached hydrogens (tertiary/aromatic N) is 4. The number of para-hydroxylation sites is 2. The summed E-state index contributed by atoms with van der Waals surface area (Å²) in [5.74, 6) is 0.0575. The fraction of sp³-hybridized carbons (Fsp3) is 0.375. The van der Waals surface area contributed by atoms with E-state index in [4.69, 9.17) is 0 Å². The zero-order chi connectivity index (χ0) is 15.7. The van der Waals surface area contributed by atoms with Crippen LogP contribution in [0.1, 0.15) is 26.5 Å². The second-order valence-electron chi connectivity index (χ2n) is 6.36. The maximum atomic E-state index is 12.7. The predicted octanol–water partition coefficient (Wildman–Crippen LogP) is 2.31. The van der Waals surface area contributed by atoms with E-state index in [0.29, 0.717) is 5.69 Å². The van der Waals surface area contributed by atoms with Gasteiger partial charge in [0.15, 0.2) is 5.78 Å².